The molecule has 0 spiro atoms. The third kappa shape index (κ3) is 3.13. The largest absolute Gasteiger partial charge is 0.366 e. The number of hydrogen-bond donors (Lipinski definition) is 1. The zero-order valence-electron chi connectivity index (χ0n) is 11.3. The van der Waals surface area contributed by atoms with E-state index in [1.54, 1.807) is 24.3 Å². The van der Waals surface area contributed by atoms with Crippen LogP contribution < -0.4 is 5.73 Å². The maximum atomic E-state index is 12.5. The summed E-state index contributed by atoms with van der Waals surface area (Å²) in [6, 6.07) is 6.86. The lowest BCUT2D eigenvalue weighted by atomic mass is 10.1. The summed E-state index contributed by atoms with van der Waals surface area (Å²) in [6.45, 7) is 2.92. The molecule has 0 aromatic heterocycles. The number of benzene rings is 1. The van der Waals surface area contributed by atoms with E-state index >= 15 is 0 Å². The van der Waals surface area contributed by atoms with Crippen molar-refractivity contribution in [2.75, 3.05) is 6.54 Å². The fourth-order valence-corrected chi connectivity index (χ4v) is 2.52. The molecule has 102 valence electrons. The number of carbonyl (C=O) groups excluding carboxylic acids is 2. The SMILES string of the molecule is CC1CCCCCN1C(=O)c1ccc(C(N)=O)cc1. The fraction of sp³-hybridized carbons (Fsp3) is 0.467. The van der Waals surface area contributed by atoms with Crippen LogP contribution in [0, 0.1) is 0 Å². The Morgan fingerprint density at radius 3 is 2.37 bits per heavy atom. The Labute approximate surface area is 113 Å². The van der Waals surface area contributed by atoms with Crippen molar-refractivity contribution < 1.29 is 9.59 Å². The summed E-state index contributed by atoms with van der Waals surface area (Å²) in [5.74, 6) is -0.424. The number of amides is 2. The van der Waals surface area contributed by atoms with Gasteiger partial charge in [0.25, 0.3) is 5.91 Å². The molecule has 1 unspecified atom stereocenters. The summed E-state index contributed by atoms with van der Waals surface area (Å²) in [5.41, 5.74) is 6.25. The van der Waals surface area contributed by atoms with Gasteiger partial charge in [0.1, 0.15) is 0 Å². The molecule has 0 bridgehead atoms. The molecule has 19 heavy (non-hydrogen) atoms. The van der Waals surface area contributed by atoms with Crippen molar-refractivity contribution in [3.8, 4) is 0 Å². The molecule has 0 radical (unpaired) electrons. The summed E-state index contributed by atoms with van der Waals surface area (Å²) in [4.78, 5) is 25.4. The molecule has 1 atom stereocenters. The molecule has 1 fully saturated rings. The molecule has 4 heteroatoms. The highest BCUT2D eigenvalue weighted by atomic mass is 16.2. The first-order valence-corrected chi connectivity index (χ1v) is 6.80. The van der Waals surface area contributed by atoms with E-state index in [1.807, 2.05) is 4.90 Å². The van der Waals surface area contributed by atoms with E-state index < -0.39 is 5.91 Å². The van der Waals surface area contributed by atoms with Crippen LogP contribution in [0.15, 0.2) is 24.3 Å². The average molecular weight is 260 g/mol. The molecule has 1 aromatic rings. The van der Waals surface area contributed by atoms with Crippen molar-refractivity contribution in [3.05, 3.63) is 35.4 Å². The third-order valence-electron chi connectivity index (χ3n) is 3.73. The summed E-state index contributed by atoms with van der Waals surface area (Å²) in [7, 11) is 0. The number of hydrogen-bond acceptors (Lipinski definition) is 2. The minimum atomic E-state index is -0.470. The highest BCUT2D eigenvalue weighted by molar-refractivity contribution is 5.97. The summed E-state index contributed by atoms with van der Waals surface area (Å²) in [6.07, 6.45) is 4.50. The molecule has 2 rings (SSSR count). The molecular formula is C15H20N2O2. The van der Waals surface area contributed by atoms with Gasteiger partial charge in [-0.25, -0.2) is 0 Å². The maximum absolute atomic E-state index is 12.5. The van der Waals surface area contributed by atoms with Gasteiger partial charge in [-0.3, -0.25) is 9.59 Å². The number of nitrogens with zero attached hydrogens (tertiary/aromatic N) is 1. The van der Waals surface area contributed by atoms with Gasteiger partial charge in [-0.05, 0) is 44.0 Å². The first kappa shape index (κ1) is 13.6. The molecule has 1 aromatic carbocycles. The normalized spacial score (nSPS) is 19.8. The quantitative estimate of drug-likeness (QED) is 0.886. The molecule has 2 N–H and O–H groups in total. The number of likely N-dealkylation sites (tertiary alicyclic amines) is 1. The van der Waals surface area contributed by atoms with Gasteiger partial charge in [0.05, 0.1) is 0 Å². The lowest BCUT2D eigenvalue weighted by Gasteiger charge is -2.27. The minimum Gasteiger partial charge on any atom is -0.366 e. The van der Waals surface area contributed by atoms with Crippen molar-refractivity contribution >= 4 is 11.8 Å². The average Bonchev–Trinajstić information content (AvgIpc) is 2.63. The second-order valence-corrected chi connectivity index (χ2v) is 5.14. The zero-order valence-corrected chi connectivity index (χ0v) is 11.3. The van der Waals surface area contributed by atoms with Gasteiger partial charge < -0.3 is 10.6 Å². The Hall–Kier alpha value is -1.84. The molecule has 1 saturated heterocycles. The van der Waals surface area contributed by atoms with Crippen LogP contribution in [0.25, 0.3) is 0 Å². The van der Waals surface area contributed by atoms with Crippen molar-refractivity contribution in [1.82, 2.24) is 4.90 Å². The van der Waals surface area contributed by atoms with Crippen LogP contribution in [0.2, 0.25) is 0 Å². The van der Waals surface area contributed by atoms with Crippen LogP contribution in [0.5, 0.6) is 0 Å². The zero-order chi connectivity index (χ0) is 13.8. The molecule has 1 aliphatic rings. The second kappa shape index (κ2) is 5.87. The van der Waals surface area contributed by atoms with Crippen molar-refractivity contribution in [1.29, 1.82) is 0 Å². The van der Waals surface area contributed by atoms with Crippen LogP contribution in [0.1, 0.15) is 53.3 Å². The number of primary amides is 1. The summed E-state index contributed by atoms with van der Waals surface area (Å²) in [5, 5.41) is 0. The molecule has 4 nitrogen and oxygen atoms in total. The Balaban J connectivity index is 2.15. The number of rotatable bonds is 2. The number of nitrogens with two attached hydrogens (primary N) is 1. The van der Waals surface area contributed by atoms with Gasteiger partial charge in [0, 0.05) is 23.7 Å². The predicted molar refractivity (Wildman–Crippen MR) is 73.9 cm³/mol. The molecular weight excluding hydrogens is 240 g/mol. The predicted octanol–water partition coefficient (Wildman–Crippen LogP) is 2.19. The smallest absolute Gasteiger partial charge is 0.254 e. The van der Waals surface area contributed by atoms with E-state index in [-0.39, 0.29) is 11.9 Å². The lowest BCUT2D eigenvalue weighted by molar-refractivity contribution is 0.0697. The molecule has 0 aliphatic carbocycles. The van der Waals surface area contributed by atoms with E-state index in [4.69, 9.17) is 5.73 Å². The molecule has 1 heterocycles. The van der Waals surface area contributed by atoms with Gasteiger partial charge in [-0.1, -0.05) is 12.8 Å². The van der Waals surface area contributed by atoms with E-state index in [9.17, 15) is 9.59 Å². The Bertz CT molecular complexity index is 468. The van der Waals surface area contributed by atoms with Crippen molar-refractivity contribution in [2.24, 2.45) is 5.73 Å². The Morgan fingerprint density at radius 2 is 1.74 bits per heavy atom. The van der Waals surface area contributed by atoms with E-state index in [2.05, 4.69) is 6.92 Å². The first-order valence-electron chi connectivity index (χ1n) is 6.80. The lowest BCUT2D eigenvalue weighted by Crippen LogP contribution is -2.38. The van der Waals surface area contributed by atoms with Crippen LogP contribution in [0.3, 0.4) is 0 Å². The second-order valence-electron chi connectivity index (χ2n) is 5.14. The van der Waals surface area contributed by atoms with Crippen LogP contribution >= 0.6 is 0 Å². The fourth-order valence-electron chi connectivity index (χ4n) is 2.52. The van der Waals surface area contributed by atoms with E-state index in [0.29, 0.717) is 11.1 Å². The Morgan fingerprint density at radius 1 is 1.11 bits per heavy atom. The summed E-state index contributed by atoms with van der Waals surface area (Å²) >= 11 is 0. The highest BCUT2D eigenvalue weighted by Crippen LogP contribution is 2.19. The van der Waals surface area contributed by atoms with Crippen LogP contribution in [-0.4, -0.2) is 29.3 Å². The topological polar surface area (TPSA) is 63.4 Å². The molecule has 1 aliphatic heterocycles. The molecule has 0 saturated carbocycles. The van der Waals surface area contributed by atoms with E-state index in [1.165, 1.54) is 12.8 Å². The van der Waals surface area contributed by atoms with Gasteiger partial charge >= 0.3 is 0 Å². The van der Waals surface area contributed by atoms with Crippen molar-refractivity contribution in [3.63, 3.8) is 0 Å². The monoisotopic (exact) mass is 260 g/mol. The van der Waals surface area contributed by atoms with Crippen molar-refractivity contribution in [2.45, 2.75) is 38.6 Å². The van der Waals surface area contributed by atoms with Gasteiger partial charge in [0.2, 0.25) is 5.91 Å². The van der Waals surface area contributed by atoms with Crippen LogP contribution in [0.4, 0.5) is 0 Å². The highest BCUT2D eigenvalue weighted by Gasteiger charge is 2.22. The summed E-state index contributed by atoms with van der Waals surface area (Å²) < 4.78 is 0. The first-order chi connectivity index (χ1) is 9.09. The third-order valence-corrected chi connectivity index (χ3v) is 3.73. The Kier molecular flexibility index (Phi) is 4.20. The van der Waals surface area contributed by atoms with E-state index in [0.717, 1.165) is 19.4 Å². The molecule has 2 amide bonds. The minimum absolute atomic E-state index is 0.0467. The standard InChI is InChI=1S/C15H20N2O2/c1-11-5-3-2-4-10-17(11)15(19)13-8-6-12(7-9-13)14(16)18/h6-9,11H,2-5,10H2,1H3,(H2,16,18). The number of carbonyl (C=O) groups is 2. The van der Waals surface area contributed by atoms with Gasteiger partial charge in [-0.2, -0.15) is 0 Å². The van der Waals surface area contributed by atoms with Gasteiger partial charge in [-0.15, -0.1) is 0 Å². The van der Waals surface area contributed by atoms with Crippen LogP contribution in [-0.2, 0) is 0 Å². The maximum Gasteiger partial charge on any atom is 0.254 e. The van der Waals surface area contributed by atoms with Gasteiger partial charge in [0.15, 0.2) is 0 Å².